The van der Waals surface area contributed by atoms with Crippen LogP contribution in [0, 0.1) is 0 Å². The van der Waals surface area contributed by atoms with Crippen LogP contribution in [-0.2, 0) is 14.3 Å². The molecule has 0 saturated carbocycles. The molecule has 0 aromatic heterocycles. The number of hydrogen-bond donors (Lipinski definition) is 2. The molecule has 1 saturated heterocycles. The zero-order valence-corrected chi connectivity index (χ0v) is 16.4. The van der Waals surface area contributed by atoms with Gasteiger partial charge >= 0.3 is 12.0 Å². The van der Waals surface area contributed by atoms with Crippen molar-refractivity contribution >= 4 is 23.6 Å². The highest BCUT2D eigenvalue weighted by molar-refractivity contribution is 5.83. The first-order chi connectivity index (χ1) is 13.5. The molecule has 0 spiro atoms. The molecule has 28 heavy (non-hydrogen) atoms. The van der Waals surface area contributed by atoms with Crippen LogP contribution in [0.1, 0.15) is 32.6 Å². The molecule has 1 aromatic carbocycles. The van der Waals surface area contributed by atoms with Crippen LogP contribution in [0.25, 0.3) is 0 Å². The smallest absolute Gasteiger partial charge is 0.312 e. The number of esters is 1. The van der Waals surface area contributed by atoms with Crippen molar-refractivity contribution in [2.75, 3.05) is 37.6 Å². The number of primary amides is 1. The van der Waals surface area contributed by atoms with E-state index in [1.165, 1.54) is 0 Å². The van der Waals surface area contributed by atoms with Crippen molar-refractivity contribution < 1.29 is 19.1 Å². The number of benzene rings is 1. The topological polar surface area (TPSA) is 105 Å². The molecule has 0 unspecified atom stereocenters. The third kappa shape index (κ3) is 7.09. The van der Waals surface area contributed by atoms with Crippen LogP contribution in [-0.4, -0.2) is 61.6 Å². The number of nitrogens with zero attached hydrogens (tertiary/aromatic N) is 2. The summed E-state index contributed by atoms with van der Waals surface area (Å²) in [4.78, 5) is 39.0. The molecular formula is C20H30N4O4. The van der Waals surface area contributed by atoms with Crippen LogP contribution < -0.4 is 16.0 Å². The summed E-state index contributed by atoms with van der Waals surface area (Å²) < 4.78 is 5.29. The minimum atomic E-state index is -0.771. The lowest BCUT2D eigenvalue weighted by Gasteiger charge is -2.37. The van der Waals surface area contributed by atoms with E-state index in [4.69, 9.17) is 10.5 Å². The number of urea groups is 1. The molecular weight excluding hydrogens is 360 g/mol. The summed E-state index contributed by atoms with van der Waals surface area (Å²) in [7, 11) is 0. The van der Waals surface area contributed by atoms with Gasteiger partial charge < -0.3 is 25.6 Å². The zero-order valence-electron chi connectivity index (χ0n) is 16.4. The lowest BCUT2D eigenvalue weighted by atomic mass is 10.2. The summed E-state index contributed by atoms with van der Waals surface area (Å²) in [5.74, 6) is -0.515. The van der Waals surface area contributed by atoms with Crippen molar-refractivity contribution in [1.82, 2.24) is 10.2 Å². The fraction of sp³-hybridized carbons (Fsp3) is 0.550. The second kappa shape index (κ2) is 11.2. The number of hydrogen-bond acceptors (Lipinski definition) is 5. The number of para-hydroxylation sites is 1. The van der Waals surface area contributed by atoms with Gasteiger partial charge in [0, 0.05) is 44.8 Å². The van der Waals surface area contributed by atoms with Crippen LogP contribution >= 0.6 is 0 Å². The highest BCUT2D eigenvalue weighted by atomic mass is 16.5. The normalized spacial score (nSPS) is 15.0. The Hall–Kier alpha value is -2.77. The number of nitrogens with one attached hydrogen (secondary N) is 1. The predicted molar refractivity (Wildman–Crippen MR) is 107 cm³/mol. The second-order valence-electron chi connectivity index (χ2n) is 6.88. The fourth-order valence-corrected chi connectivity index (χ4v) is 3.17. The van der Waals surface area contributed by atoms with Gasteiger partial charge in [0.25, 0.3) is 5.91 Å². The van der Waals surface area contributed by atoms with Crippen LogP contribution in [0.4, 0.5) is 10.5 Å². The fourth-order valence-electron chi connectivity index (χ4n) is 3.17. The SMILES string of the molecule is C[C@@H](OC(=O)CCCCCNC(N)=O)C(=O)N1CCN(c2ccccc2)CC1. The summed E-state index contributed by atoms with van der Waals surface area (Å²) in [6.07, 6.45) is 1.66. The van der Waals surface area contributed by atoms with Gasteiger partial charge in [-0.05, 0) is 31.9 Å². The number of rotatable bonds is 9. The van der Waals surface area contributed by atoms with Gasteiger partial charge in [-0.25, -0.2) is 4.79 Å². The maximum absolute atomic E-state index is 12.5. The molecule has 1 aromatic rings. The van der Waals surface area contributed by atoms with Crippen molar-refractivity contribution in [3.05, 3.63) is 30.3 Å². The van der Waals surface area contributed by atoms with Crippen LogP contribution in [0.3, 0.4) is 0 Å². The minimum Gasteiger partial charge on any atom is -0.453 e. The molecule has 154 valence electrons. The molecule has 8 heteroatoms. The van der Waals surface area contributed by atoms with E-state index in [0.29, 0.717) is 26.1 Å². The van der Waals surface area contributed by atoms with Crippen LogP contribution in [0.5, 0.6) is 0 Å². The maximum atomic E-state index is 12.5. The average molecular weight is 390 g/mol. The van der Waals surface area contributed by atoms with Crippen molar-refractivity contribution in [2.24, 2.45) is 5.73 Å². The van der Waals surface area contributed by atoms with Crippen molar-refractivity contribution in [2.45, 2.75) is 38.7 Å². The molecule has 8 nitrogen and oxygen atoms in total. The molecule has 1 aliphatic heterocycles. The molecule has 1 fully saturated rings. The maximum Gasteiger partial charge on any atom is 0.312 e. The van der Waals surface area contributed by atoms with Gasteiger partial charge in [-0.3, -0.25) is 9.59 Å². The van der Waals surface area contributed by atoms with Crippen LogP contribution in [0.2, 0.25) is 0 Å². The number of ether oxygens (including phenoxy) is 1. The Morgan fingerprint density at radius 2 is 1.75 bits per heavy atom. The van der Waals surface area contributed by atoms with E-state index in [9.17, 15) is 14.4 Å². The van der Waals surface area contributed by atoms with Gasteiger partial charge in [0.15, 0.2) is 6.10 Å². The molecule has 1 heterocycles. The Morgan fingerprint density at radius 3 is 2.39 bits per heavy atom. The van der Waals surface area contributed by atoms with Crippen LogP contribution in [0.15, 0.2) is 30.3 Å². The average Bonchev–Trinajstić information content (AvgIpc) is 2.70. The molecule has 0 bridgehead atoms. The number of nitrogens with two attached hydrogens (primary N) is 1. The largest absolute Gasteiger partial charge is 0.453 e. The first kappa shape index (κ1) is 21.5. The van der Waals surface area contributed by atoms with Crippen molar-refractivity contribution in [3.63, 3.8) is 0 Å². The summed E-state index contributed by atoms with van der Waals surface area (Å²) in [6.45, 7) is 4.87. The highest BCUT2D eigenvalue weighted by Gasteiger charge is 2.27. The number of piperazine rings is 1. The van der Waals surface area contributed by atoms with E-state index in [1.54, 1.807) is 11.8 Å². The number of unbranched alkanes of at least 4 members (excludes halogenated alkanes) is 2. The molecule has 0 radical (unpaired) electrons. The third-order valence-electron chi connectivity index (χ3n) is 4.73. The van der Waals surface area contributed by atoms with Gasteiger partial charge in [-0.2, -0.15) is 0 Å². The van der Waals surface area contributed by atoms with Gasteiger partial charge in [-0.1, -0.05) is 24.6 Å². The van der Waals surface area contributed by atoms with Gasteiger partial charge in [0.1, 0.15) is 0 Å². The van der Waals surface area contributed by atoms with E-state index >= 15 is 0 Å². The molecule has 0 aliphatic carbocycles. The van der Waals surface area contributed by atoms with E-state index in [-0.39, 0.29) is 18.3 Å². The number of carbonyl (C=O) groups is 3. The van der Waals surface area contributed by atoms with E-state index in [1.807, 2.05) is 18.2 Å². The molecule has 2 rings (SSSR count). The Bertz CT molecular complexity index is 645. The number of amides is 3. The highest BCUT2D eigenvalue weighted by Crippen LogP contribution is 2.16. The summed E-state index contributed by atoms with van der Waals surface area (Å²) in [6, 6.07) is 9.57. The number of anilines is 1. The molecule has 3 N–H and O–H groups in total. The van der Waals surface area contributed by atoms with Gasteiger partial charge in [0.05, 0.1) is 0 Å². The third-order valence-corrected chi connectivity index (χ3v) is 4.73. The Morgan fingerprint density at radius 1 is 1.07 bits per heavy atom. The quantitative estimate of drug-likeness (QED) is 0.491. The van der Waals surface area contributed by atoms with Crippen molar-refractivity contribution in [1.29, 1.82) is 0 Å². The zero-order chi connectivity index (χ0) is 20.4. The summed E-state index contributed by atoms with van der Waals surface area (Å²) in [5.41, 5.74) is 6.13. The van der Waals surface area contributed by atoms with E-state index in [0.717, 1.165) is 31.6 Å². The Kier molecular flexibility index (Phi) is 8.58. The molecule has 1 aliphatic rings. The van der Waals surface area contributed by atoms with E-state index < -0.39 is 12.1 Å². The summed E-state index contributed by atoms with van der Waals surface area (Å²) >= 11 is 0. The lowest BCUT2D eigenvalue weighted by Crippen LogP contribution is -2.51. The minimum absolute atomic E-state index is 0.147. The monoisotopic (exact) mass is 390 g/mol. The van der Waals surface area contributed by atoms with Crippen molar-refractivity contribution in [3.8, 4) is 0 Å². The lowest BCUT2D eigenvalue weighted by molar-refractivity contribution is -0.159. The molecule has 3 amide bonds. The van der Waals surface area contributed by atoms with Gasteiger partial charge in [-0.15, -0.1) is 0 Å². The molecule has 1 atom stereocenters. The Labute approximate surface area is 166 Å². The first-order valence-electron chi connectivity index (χ1n) is 9.79. The Balaban J connectivity index is 1.64. The van der Waals surface area contributed by atoms with E-state index in [2.05, 4.69) is 22.3 Å². The first-order valence-corrected chi connectivity index (χ1v) is 9.79. The summed E-state index contributed by atoms with van der Waals surface area (Å²) in [5, 5.41) is 2.50. The predicted octanol–water partition coefficient (Wildman–Crippen LogP) is 1.50. The number of carbonyl (C=O) groups excluding carboxylic acids is 3. The van der Waals surface area contributed by atoms with Gasteiger partial charge in [0.2, 0.25) is 0 Å². The standard InChI is InChI=1S/C20H30N4O4/c1-16(28-18(25)10-6-3-7-11-22-20(21)27)19(26)24-14-12-23(13-15-24)17-8-4-2-5-9-17/h2,4-5,8-9,16H,3,6-7,10-15H2,1H3,(H3,21,22,27)/t16-/m1/s1. The second-order valence-corrected chi connectivity index (χ2v) is 6.88.